The number of carbonyl (C=O) groups excluding carboxylic acids is 2. The zero-order valence-electron chi connectivity index (χ0n) is 13.5. The van der Waals surface area contributed by atoms with Crippen molar-refractivity contribution in [2.45, 2.75) is 38.0 Å². The van der Waals surface area contributed by atoms with Crippen molar-refractivity contribution in [3.8, 4) is 11.5 Å². The van der Waals surface area contributed by atoms with Gasteiger partial charge in [0.2, 0.25) is 0 Å². The van der Waals surface area contributed by atoms with Crippen LogP contribution in [0.5, 0.6) is 11.5 Å². The number of allylic oxidation sites excluding steroid dienone is 3. The lowest BCUT2D eigenvalue weighted by molar-refractivity contribution is -0.114. The van der Waals surface area contributed by atoms with E-state index in [0.717, 1.165) is 6.07 Å². The van der Waals surface area contributed by atoms with Gasteiger partial charge in [0.15, 0.2) is 5.78 Å². The minimum atomic E-state index is -0.552. The Balaban J connectivity index is 2.01. The van der Waals surface area contributed by atoms with Gasteiger partial charge in [-0.3, -0.25) is 9.59 Å². The number of phenolic OH excluding ortho intramolecular Hbond substituents is 2. The molecule has 2 aliphatic rings. The van der Waals surface area contributed by atoms with Gasteiger partial charge in [0, 0.05) is 18.5 Å². The molecule has 1 fully saturated rings. The van der Waals surface area contributed by atoms with Crippen molar-refractivity contribution in [2.75, 3.05) is 0 Å². The summed E-state index contributed by atoms with van der Waals surface area (Å²) in [5.74, 6) is -1.68. The monoisotopic (exact) mass is 363 g/mol. The van der Waals surface area contributed by atoms with E-state index in [2.05, 4.69) is 5.32 Å². The number of amides is 1. The molecular weight excluding hydrogens is 346 g/mol. The van der Waals surface area contributed by atoms with Gasteiger partial charge in [0.25, 0.3) is 5.91 Å². The van der Waals surface area contributed by atoms with Crippen molar-refractivity contribution in [2.24, 2.45) is 0 Å². The smallest absolute Gasteiger partial charge is 0.255 e. The Bertz CT molecular complexity index is 786. The van der Waals surface area contributed by atoms with E-state index in [-0.39, 0.29) is 52.4 Å². The van der Waals surface area contributed by atoms with E-state index >= 15 is 0 Å². The summed E-state index contributed by atoms with van der Waals surface area (Å²) in [6.45, 7) is 1.83. The minimum absolute atomic E-state index is 0.00932. The summed E-state index contributed by atoms with van der Waals surface area (Å²) in [4.78, 5) is 24.7. The molecule has 0 saturated carbocycles. The highest BCUT2D eigenvalue weighted by molar-refractivity contribution is 6.33. The van der Waals surface area contributed by atoms with Crippen LogP contribution in [0.4, 0.5) is 0 Å². The second-order valence-corrected chi connectivity index (χ2v) is 6.60. The van der Waals surface area contributed by atoms with Crippen molar-refractivity contribution >= 4 is 23.3 Å². The van der Waals surface area contributed by atoms with Crippen molar-refractivity contribution in [1.29, 1.82) is 0 Å². The van der Waals surface area contributed by atoms with Crippen molar-refractivity contribution in [3.63, 3.8) is 0 Å². The Morgan fingerprint density at radius 1 is 1.24 bits per heavy atom. The largest absolute Gasteiger partial charge is 0.507 e. The van der Waals surface area contributed by atoms with Gasteiger partial charge in [-0.15, -0.1) is 0 Å². The van der Waals surface area contributed by atoms with E-state index in [9.17, 15) is 19.8 Å². The molecule has 0 aliphatic carbocycles. The Labute approximate surface area is 149 Å². The Morgan fingerprint density at radius 3 is 2.76 bits per heavy atom. The Kier molecular flexibility index (Phi) is 4.83. The summed E-state index contributed by atoms with van der Waals surface area (Å²) < 4.78 is 5.49. The quantitative estimate of drug-likeness (QED) is 0.614. The second-order valence-electron chi connectivity index (χ2n) is 6.22. The van der Waals surface area contributed by atoms with Crippen LogP contribution in [0.15, 0.2) is 30.4 Å². The number of rotatable bonds is 0. The zero-order valence-corrected chi connectivity index (χ0v) is 14.3. The summed E-state index contributed by atoms with van der Waals surface area (Å²) in [5.41, 5.74) is -0.00243. The van der Waals surface area contributed by atoms with Crippen LogP contribution >= 0.6 is 11.6 Å². The topological polar surface area (TPSA) is 99.2 Å². The maximum Gasteiger partial charge on any atom is 0.255 e. The number of hydrogen-bond donors (Lipinski definition) is 3. The molecule has 0 radical (unpaired) electrons. The maximum atomic E-state index is 12.6. The number of ketones is 1. The Hall–Kier alpha value is -2.31. The molecule has 0 aromatic heterocycles. The number of carbonyl (C=O) groups is 2. The molecule has 132 valence electrons. The molecular formula is C18H18ClNO5. The summed E-state index contributed by atoms with van der Waals surface area (Å²) in [6.07, 6.45) is 6.92. The third-order valence-corrected chi connectivity index (χ3v) is 4.60. The molecule has 6 nitrogen and oxygen atoms in total. The van der Waals surface area contributed by atoms with Crippen molar-refractivity contribution in [3.05, 3.63) is 46.5 Å². The summed E-state index contributed by atoms with van der Waals surface area (Å²) >= 11 is 6.08. The number of epoxide rings is 1. The number of phenols is 2. The molecule has 3 rings (SSSR count). The predicted octanol–water partition coefficient (Wildman–Crippen LogP) is 2.26. The summed E-state index contributed by atoms with van der Waals surface area (Å²) in [7, 11) is 0. The molecule has 0 bridgehead atoms. The summed E-state index contributed by atoms with van der Waals surface area (Å²) in [5, 5.41) is 22.6. The fourth-order valence-electron chi connectivity index (χ4n) is 2.89. The molecule has 1 amide bonds. The van der Waals surface area contributed by atoms with Gasteiger partial charge in [0.05, 0.1) is 16.7 Å². The summed E-state index contributed by atoms with van der Waals surface area (Å²) in [6, 6.07) is 0.794. The Morgan fingerprint density at radius 2 is 2.00 bits per heavy atom. The van der Waals surface area contributed by atoms with Crippen LogP contribution < -0.4 is 5.32 Å². The first-order chi connectivity index (χ1) is 11.9. The van der Waals surface area contributed by atoms with Gasteiger partial charge in [-0.2, -0.15) is 0 Å². The third kappa shape index (κ3) is 3.86. The second kappa shape index (κ2) is 6.90. The van der Waals surface area contributed by atoms with Crippen LogP contribution in [0.1, 0.15) is 29.3 Å². The molecule has 3 N–H and O–H groups in total. The molecule has 7 heteroatoms. The number of ether oxygens (including phenoxy) is 1. The van der Waals surface area contributed by atoms with E-state index < -0.39 is 11.7 Å². The predicted molar refractivity (Wildman–Crippen MR) is 92.0 cm³/mol. The molecule has 0 spiro atoms. The first-order valence-corrected chi connectivity index (χ1v) is 8.32. The molecule has 2 heterocycles. The first kappa shape index (κ1) is 17.5. The van der Waals surface area contributed by atoms with Gasteiger partial charge in [-0.05, 0) is 25.0 Å². The molecule has 3 atom stereocenters. The van der Waals surface area contributed by atoms with E-state index in [1.807, 2.05) is 13.0 Å². The third-order valence-electron chi connectivity index (χ3n) is 4.18. The van der Waals surface area contributed by atoms with Crippen molar-refractivity contribution in [1.82, 2.24) is 5.32 Å². The van der Waals surface area contributed by atoms with Crippen LogP contribution in [-0.2, 0) is 16.0 Å². The van der Waals surface area contributed by atoms with E-state index in [4.69, 9.17) is 16.3 Å². The highest BCUT2D eigenvalue weighted by Crippen LogP contribution is 2.37. The van der Waals surface area contributed by atoms with Gasteiger partial charge >= 0.3 is 0 Å². The average molecular weight is 364 g/mol. The zero-order chi connectivity index (χ0) is 18.1. The normalized spacial score (nSPS) is 29.0. The highest BCUT2D eigenvalue weighted by atomic mass is 35.5. The van der Waals surface area contributed by atoms with E-state index in [1.54, 1.807) is 12.2 Å². The number of nitrogens with one attached hydrogen (secondary N) is 1. The van der Waals surface area contributed by atoms with Crippen LogP contribution in [0.25, 0.3) is 0 Å². The molecule has 3 unspecified atom stereocenters. The lowest BCUT2D eigenvalue weighted by atomic mass is 9.98. The fraction of sp³-hybridized carbons (Fsp3) is 0.333. The lowest BCUT2D eigenvalue weighted by Gasteiger charge is -2.17. The van der Waals surface area contributed by atoms with Crippen LogP contribution in [-0.4, -0.2) is 40.2 Å². The SMILES string of the molecule is CC1CC2OC2/C=C\C=C\C(=O)Cc2c(Cl)c(O)cc(O)c2C(=O)N1. The molecule has 2 aliphatic heterocycles. The van der Waals surface area contributed by atoms with Gasteiger partial charge in [0.1, 0.15) is 17.6 Å². The number of fused-ring (bicyclic) bond motifs is 2. The van der Waals surface area contributed by atoms with Gasteiger partial charge in [-0.25, -0.2) is 0 Å². The molecule has 1 aromatic carbocycles. The standard InChI is InChI=1S/C18H18ClNO5/c1-9-6-15-14(25-15)5-3-2-4-10(21)7-11-16(18(24)20-9)12(22)8-13(23)17(11)19/h2-5,8-9,14-15,22-23H,6-7H2,1H3,(H,20,24)/b4-2+,5-3-. The number of benzene rings is 1. The number of halogens is 1. The minimum Gasteiger partial charge on any atom is -0.507 e. The van der Waals surface area contributed by atoms with E-state index in [0.29, 0.717) is 6.42 Å². The van der Waals surface area contributed by atoms with Crippen LogP contribution in [0.2, 0.25) is 5.02 Å². The first-order valence-electron chi connectivity index (χ1n) is 7.94. The van der Waals surface area contributed by atoms with E-state index in [1.165, 1.54) is 6.08 Å². The van der Waals surface area contributed by atoms with Crippen molar-refractivity contribution < 1.29 is 24.5 Å². The molecule has 1 saturated heterocycles. The number of aromatic hydroxyl groups is 2. The molecule has 1 aromatic rings. The van der Waals surface area contributed by atoms with Gasteiger partial charge in [-0.1, -0.05) is 29.8 Å². The van der Waals surface area contributed by atoms with Gasteiger partial charge < -0.3 is 20.3 Å². The maximum absolute atomic E-state index is 12.6. The fourth-order valence-corrected chi connectivity index (χ4v) is 3.11. The lowest BCUT2D eigenvalue weighted by Crippen LogP contribution is -2.34. The molecule has 25 heavy (non-hydrogen) atoms. The average Bonchev–Trinajstić information content (AvgIpc) is 3.25. The number of hydrogen-bond acceptors (Lipinski definition) is 5. The van der Waals surface area contributed by atoms with Crippen LogP contribution in [0, 0.1) is 0 Å². The highest BCUT2D eigenvalue weighted by Gasteiger charge is 2.37. The van der Waals surface area contributed by atoms with Crippen LogP contribution in [0.3, 0.4) is 0 Å².